The van der Waals surface area contributed by atoms with Crippen LogP contribution in [0.15, 0.2) is 12.7 Å². The average Bonchev–Trinajstić information content (AvgIpc) is 2.26. The van der Waals surface area contributed by atoms with E-state index < -0.39 is 8.32 Å². The minimum absolute atomic E-state index is 0.0945. The number of hydrogen-bond acceptors (Lipinski definition) is 3. The Hall–Kier alpha value is -0.163. The van der Waals surface area contributed by atoms with Gasteiger partial charge in [0.2, 0.25) is 0 Å². The van der Waals surface area contributed by atoms with Crippen molar-refractivity contribution in [3.8, 4) is 0 Å². The number of allylic oxidation sites excluding steroid dienone is 1. The van der Waals surface area contributed by atoms with Gasteiger partial charge in [-0.05, 0) is 31.0 Å². The molecule has 0 aromatic rings. The van der Waals surface area contributed by atoms with Gasteiger partial charge in [-0.2, -0.15) is 0 Å². The lowest BCUT2D eigenvalue weighted by atomic mass is 10.2. The minimum atomic E-state index is -1.69. The molecular formula is C14H30O3Si. The normalized spacial score (nSPS) is 14.6. The molecule has 0 N–H and O–H groups in total. The molecule has 0 bridgehead atoms. The second-order valence-electron chi connectivity index (χ2n) is 6.13. The Kier molecular flexibility index (Phi) is 8.02. The van der Waals surface area contributed by atoms with Crippen LogP contribution >= 0.6 is 0 Å². The number of rotatable bonds is 9. The molecule has 0 amide bonds. The van der Waals surface area contributed by atoms with Gasteiger partial charge in [0.15, 0.2) is 8.32 Å². The van der Waals surface area contributed by atoms with Crippen molar-refractivity contribution in [3.05, 3.63) is 12.7 Å². The van der Waals surface area contributed by atoms with Crippen LogP contribution in [0, 0.1) is 0 Å². The summed E-state index contributed by atoms with van der Waals surface area (Å²) in [6.45, 7) is 16.0. The van der Waals surface area contributed by atoms with Gasteiger partial charge in [-0.3, -0.25) is 0 Å². The van der Waals surface area contributed by atoms with Gasteiger partial charge in [-0.15, -0.1) is 6.58 Å². The highest BCUT2D eigenvalue weighted by Gasteiger charge is 2.37. The molecule has 0 aromatic heterocycles. The molecule has 0 aliphatic rings. The molecule has 0 rings (SSSR count). The fourth-order valence-corrected chi connectivity index (χ4v) is 2.24. The van der Waals surface area contributed by atoms with Crippen LogP contribution in [0.4, 0.5) is 0 Å². The Morgan fingerprint density at radius 3 is 2.33 bits per heavy atom. The first-order chi connectivity index (χ1) is 8.24. The third-order valence-electron chi connectivity index (χ3n) is 3.55. The molecule has 1 atom stereocenters. The van der Waals surface area contributed by atoms with Gasteiger partial charge in [-0.1, -0.05) is 26.8 Å². The summed E-state index contributed by atoms with van der Waals surface area (Å²) in [5, 5.41) is 0.233. The fraction of sp³-hybridized carbons (Fsp3) is 0.857. The van der Waals surface area contributed by atoms with Crippen LogP contribution in [0.1, 0.15) is 33.6 Å². The third kappa shape index (κ3) is 6.68. The first-order valence-electron chi connectivity index (χ1n) is 6.60. The quantitative estimate of drug-likeness (QED) is 0.362. The maximum atomic E-state index is 6.17. The topological polar surface area (TPSA) is 27.7 Å². The maximum Gasteiger partial charge on any atom is 0.192 e. The molecule has 0 saturated carbocycles. The number of hydrogen-bond donors (Lipinski definition) is 0. The van der Waals surface area contributed by atoms with E-state index in [1.807, 2.05) is 6.08 Å². The molecule has 0 aromatic carbocycles. The second-order valence-corrected chi connectivity index (χ2v) is 10.9. The van der Waals surface area contributed by atoms with Gasteiger partial charge in [0.05, 0.1) is 12.7 Å². The van der Waals surface area contributed by atoms with E-state index in [4.69, 9.17) is 13.9 Å². The molecule has 4 heteroatoms. The highest BCUT2D eigenvalue weighted by molar-refractivity contribution is 6.74. The summed E-state index contributed by atoms with van der Waals surface area (Å²) in [4.78, 5) is 0. The zero-order chi connectivity index (χ0) is 14.2. The maximum absolute atomic E-state index is 6.17. The van der Waals surface area contributed by atoms with E-state index in [1.54, 1.807) is 7.11 Å². The summed E-state index contributed by atoms with van der Waals surface area (Å²) in [6.07, 6.45) is 3.88. The van der Waals surface area contributed by atoms with E-state index in [0.29, 0.717) is 13.4 Å². The highest BCUT2D eigenvalue weighted by Crippen LogP contribution is 2.36. The van der Waals surface area contributed by atoms with Gasteiger partial charge in [-0.25, -0.2) is 0 Å². The number of ether oxygens (including phenoxy) is 2. The zero-order valence-electron chi connectivity index (χ0n) is 12.9. The van der Waals surface area contributed by atoms with E-state index in [0.717, 1.165) is 12.8 Å². The summed E-state index contributed by atoms with van der Waals surface area (Å²) < 4.78 is 16.8. The monoisotopic (exact) mass is 274 g/mol. The Balaban J connectivity index is 4.27. The molecule has 0 heterocycles. The summed E-state index contributed by atoms with van der Waals surface area (Å²) in [7, 11) is -0.0546. The lowest BCUT2D eigenvalue weighted by Gasteiger charge is -2.37. The van der Waals surface area contributed by atoms with Crippen LogP contribution in [0.3, 0.4) is 0 Å². The van der Waals surface area contributed by atoms with Crippen molar-refractivity contribution in [3.63, 3.8) is 0 Å². The molecule has 0 unspecified atom stereocenters. The molecule has 0 saturated heterocycles. The number of methoxy groups -OCH3 is 1. The second kappa shape index (κ2) is 8.10. The summed E-state index contributed by atoms with van der Waals surface area (Å²) >= 11 is 0. The van der Waals surface area contributed by atoms with Crippen LogP contribution in [0.5, 0.6) is 0 Å². The Morgan fingerprint density at radius 1 is 1.28 bits per heavy atom. The van der Waals surface area contributed by atoms with Crippen molar-refractivity contribution < 1.29 is 13.9 Å². The third-order valence-corrected chi connectivity index (χ3v) is 8.05. The minimum Gasteiger partial charge on any atom is -0.414 e. The van der Waals surface area contributed by atoms with E-state index in [1.165, 1.54) is 0 Å². The van der Waals surface area contributed by atoms with Crippen molar-refractivity contribution >= 4 is 8.32 Å². The molecular weight excluding hydrogens is 244 g/mol. The summed E-state index contributed by atoms with van der Waals surface area (Å²) in [6, 6.07) is 0. The Morgan fingerprint density at radius 2 is 1.89 bits per heavy atom. The van der Waals surface area contributed by atoms with Crippen molar-refractivity contribution in [2.24, 2.45) is 0 Å². The smallest absolute Gasteiger partial charge is 0.192 e. The van der Waals surface area contributed by atoms with Gasteiger partial charge in [0, 0.05) is 7.11 Å². The van der Waals surface area contributed by atoms with Crippen molar-refractivity contribution in [2.45, 2.75) is 57.8 Å². The van der Waals surface area contributed by atoms with E-state index in [2.05, 4.69) is 40.4 Å². The molecule has 0 aliphatic heterocycles. The van der Waals surface area contributed by atoms with Crippen molar-refractivity contribution in [1.82, 2.24) is 0 Å². The first kappa shape index (κ1) is 17.8. The van der Waals surface area contributed by atoms with Crippen LogP contribution in [-0.2, 0) is 13.9 Å². The molecule has 0 fully saturated rings. The van der Waals surface area contributed by atoms with Crippen LogP contribution in [0.25, 0.3) is 0 Å². The van der Waals surface area contributed by atoms with E-state index in [-0.39, 0.29) is 11.1 Å². The first-order valence-corrected chi connectivity index (χ1v) is 9.51. The van der Waals surface area contributed by atoms with E-state index in [9.17, 15) is 0 Å². The fourth-order valence-electron chi connectivity index (χ4n) is 1.20. The van der Waals surface area contributed by atoms with Crippen molar-refractivity contribution in [2.75, 3.05) is 20.5 Å². The summed E-state index contributed by atoms with van der Waals surface area (Å²) in [5.41, 5.74) is 0. The predicted molar refractivity (Wildman–Crippen MR) is 79.3 cm³/mol. The summed E-state index contributed by atoms with van der Waals surface area (Å²) in [5.74, 6) is 0. The van der Waals surface area contributed by atoms with Gasteiger partial charge >= 0.3 is 0 Å². The Labute approximate surface area is 114 Å². The molecule has 0 aliphatic carbocycles. The van der Waals surface area contributed by atoms with Crippen LogP contribution in [-0.4, -0.2) is 34.9 Å². The van der Waals surface area contributed by atoms with Gasteiger partial charge in [0.1, 0.15) is 6.79 Å². The van der Waals surface area contributed by atoms with Gasteiger partial charge in [0.25, 0.3) is 0 Å². The molecule has 108 valence electrons. The molecule has 18 heavy (non-hydrogen) atoms. The van der Waals surface area contributed by atoms with Gasteiger partial charge < -0.3 is 13.9 Å². The zero-order valence-corrected chi connectivity index (χ0v) is 13.9. The highest BCUT2D eigenvalue weighted by atomic mass is 28.4. The van der Waals surface area contributed by atoms with E-state index >= 15 is 0 Å². The molecule has 0 spiro atoms. The Bertz CT molecular complexity index is 234. The molecule has 3 nitrogen and oxygen atoms in total. The van der Waals surface area contributed by atoms with Crippen LogP contribution < -0.4 is 0 Å². The standard InChI is InChI=1S/C14H30O3Si/c1-8-9-10-13(16-12-15-5)11-17-18(6,7)14(2,3)4/h8,13H,1,9-12H2,2-7H3/t13-/m1/s1. The average molecular weight is 274 g/mol. The van der Waals surface area contributed by atoms with Crippen molar-refractivity contribution in [1.29, 1.82) is 0 Å². The lowest BCUT2D eigenvalue weighted by Crippen LogP contribution is -2.43. The van der Waals surface area contributed by atoms with Crippen LogP contribution in [0.2, 0.25) is 18.1 Å². The molecule has 0 radical (unpaired) electrons. The SMILES string of the molecule is C=CCC[C@H](CO[Si](C)(C)C(C)(C)C)OCOC. The predicted octanol–water partition coefficient (Wildman–Crippen LogP) is 3.96. The lowest BCUT2D eigenvalue weighted by molar-refractivity contribution is -0.0870. The largest absolute Gasteiger partial charge is 0.414 e.